The molecule has 0 aromatic heterocycles. The molecular weight excluding hydrogens is 492 g/mol. The van der Waals surface area contributed by atoms with Crippen LogP contribution in [0.4, 0.5) is 9.59 Å². The topological polar surface area (TPSA) is 82.2 Å². The van der Waals surface area contributed by atoms with E-state index >= 15 is 0 Å². The maximum absolute atomic E-state index is 13.7. The number of imide groups is 1. The first-order chi connectivity index (χ1) is 18.4. The molecule has 0 spiro atoms. The maximum Gasteiger partial charge on any atom is 0.328 e. The molecular formula is C31H56N4O4. The number of hydrogen-bond donors (Lipinski definition) is 1. The van der Waals surface area contributed by atoms with Crippen molar-refractivity contribution in [3.8, 4) is 0 Å². The first-order valence-corrected chi connectivity index (χ1v) is 14.9. The van der Waals surface area contributed by atoms with E-state index in [1.807, 2.05) is 6.08 Å². The van der Waals surface area contributed by atoms with E-state index in [2.05, 4.69) is 65.0 Å². The van der Waals surface area contributed by atoms with Gasteiger partial charge in [0.05, 0.1) is 0 Å². The molecule has 1 fully saturated rings. The second kappa shape index (κ2) is 17.4. The average molecular weight is 549 g/mol. The molecule has 1 aliphatic heterocycles. The molecule has 0 aromatic rings. The summed E-state index contributed by atoms with van der Waals surface area (Å²) in [5, 5.41) is 2.73. The number of rotatable bonds is 17. The molecule has 0 radical (unpaired) electrons. The van der Waals surface area contributed by atoms with E-state index in [0.29, 0.717) is 19.5 Å². The lowest BCUT2D eigenvalue weighted by molar-refractivity contribution is -0.159. The van der Waals surface area contributed by atoms with Crippen LogP contribution in [0.5, 0.6) is 0 Å². The Kier molecular flexibility index (Phi) is 15.4. The van der Waals surface area contributed by atoms with Crippen LogP contribution in [0.3, 0.4) is 0 Å². The second-order valence-electron chi connectivity index (χ2n) is 12.1. The number of nitrogens with one attached hydrogen (secondary N) is 1. The summed E-state index contributed by atoms with van der Waals surface area (Å²) >= 11 is 0. The lowest BCUT2D eigenvalue weighted by Gasteiger charge is -2.53. The Bertz CT molecular complexity index is 777. The van der Waals surface area contributed by atoms with Crippen LogP contribution in [-0.4, -0.2) is 83.1 Å². The van der Waals surface area contributed by atoms with Gasteiger partial charge in [0.15, 0.2) is 0 Å². The Morgan fingerprint density at radius 1 is 0.923 bits per heavy atom. The van der Waals surface area contributed by atoms with Gasteiger partial charge in [-0.25, -0.2) is 14.5 Å². The van der Waals surface area contributed by atoms with Gasteiger partial charge in [-0.15, -0.1) is 13.2 Å². The highest BCUT2D eigenvalue weighted by atomic mass is 16.5. The third kappa shape index (κ3) is 12.1. The fraction of sp³-hybridized carbons (Fsp3) is 0.774. The zero-order chi connectivity index (χ0) is 29.5. The van der Waals surface area contributed by atoms with Crippen LogP contribution >= 0.6 is 0 Å². The Morgan fingerprint density at radius 2 is 1.51 bits per heavy atom. The van der Waals surface area contributed by atoms with Crippen molar-refractivity contribution in [1.82, 2.24) is 20.0 Å². The van der Waals surface area contributed by atoms with E-state index in [0.717, 1.165) is 64.2 Å². The minimum atomic E-state index is -0.461. The first-order valence-electron chi connectivity index (χ1n) is 14.9. The van der Waals surface area contributed by atoms with Crippen molar-refractivity contribution >= 4 is 18.0 Å². The summed E-state index contributed by atoms with van der Waals surface area (Å²) in [5.74, 6) is -0.420. The number of piperidine rings is 1. The first kappa shape index (κ1) is 34.7. The Hall–Kier alpha value is -2.35. The normalized spacial score (nSPS) is 16.8. The number of carbonyl (C=O) groups excluding carboxylic acids is 3. The van der Waals surface area contributed by atoms with Gasteiger partial charge >= 0.3 is 18.0 Å². The molecule has 4 amide bonds. The molecule has 1 heterocycles. The third-order valence-corrected chi connectivity index (χ3v) is 7.85. The number of likely N-dealkylation sites (tertiary alicyclic amines) is 1. The molecule has 0 unspecified atom stereocenters. The van der Waals surface area contributed by atoms with E-state index in [-0.39, 0.29) is 30.3 Å². The molecule has 1 N–H and O–H groups in total. The summed E-state index contributed by atoms with van der Waals surface area (Å²) in [6.45, 7) is 19.0. The molecule has 39 heavy (non-hydrogen) atoms. The highest BCUT2D eigenvalue weighted by Gasteiger charge is 2.44. The predicted molar refractivity (Wildman–Crippen MR) is 160 cm³/mol. The smallest absolute Gasteiger partial charge is 0.328 e. The highest BCUT2D eigenvalue weighted by Crippen LogP contribution is 2.38. The lowest BCUT2D eigenvalue weighted by Crippen LogP contribution is -2.60. The van der Waals surface area contributed by atoms with Gasteiger partial charge in [0.25, 0.3) is 0 Å². The van der Waals surface area contributed by atoms with Crippen molar-refractivity contribution < 1.29 is 19.1 Å². The number of hydrogen-bond acceptors (Lipinski definition) is 5. The quantitative estimate of drug-likeness (QED) is 0.127. The number of nitrogens with zero attached hydrogens (tertiary/aromatic N) is 3. The zero-order valence-corrected chi connectivity index (χ0v) is 25.7. The molecule has 0 aliphatic carbocycles. The van der Waals surface area contributed by atoms with Crippen LogP contribution in [0.2, 0.25) is 0 Å². The minimum Gasteiger partial charge on any atom is -0.461 e. The minimum absolute atomic E-state index is 0.117. The number of esters is 1. The van der Waals surface area contributed by atoms with E-state index in [9.17, 15) is 14.4 Å². The fourth-order valence-electron chi connectivity index (χ4n) is 5.34. The maximum atomic E-state index is 13.7. The standard InChI is InChI=1S/C31H56N4O4/c1-9-12-14-16-17-19-22-35(28(37)32-20-11-3)29(38)34(21-18-15-13-10-2)25-27(36)39-26-23-30(4,5)33(8)31(6,7)24-26/h9,11,26H,1,3,10,12-25H2,2,4-8H3,(H,32,37). The zero-order valence-electron chi connectivity index (χ0n) is 25.7. The number of unbranched alkanes of at least 4 members (excludes halogenated alkanes) is 7. The molecule has 8 heteroatoms. The van der Waals surface area contributed by atoms with Gasteiger partial charge < -0.3 is 15.0 Å². The Labute approximate surface area is 238 Å². The van der Waals surface area contributed by atoms with Gasteiger partial charge in [-0.05, 0) is 60.4 Å². The number of allylic oxidation sites excluding steroid dienone is 1. The predicted octanol–water partition coefficient (Wildman–Crippen LogP) is 6.52. The van der Waals surface area contributed by atoms with E-state index in [1.54, 1.807) is 6.08 Å². The van der Waals surface area contributed by atoms with Gasteiger partial charge in [0, 0.05) is 43.6 Å². The summed E-state index contributed by atoms with van der Waals surface area (Å²) in [5.41, 5.74) is -0.234. The van der Waals surface area contributed by atoms with Gasteiger partial charge in [-0.2, -0.15) is 0 Å². The van der Waals surface area contributed by atoms with Crippen molar-refractivity contribution in [3.63, 3.8) is 0 Å². The van der Waals surface area contributed by atoms with Crippen molar-refractivity contribution in [2.75, 3.05) is 33.2 Å². The molecule has 0 saturated carbocycles. The Morgan fingerprint density at radius 3 is 2.10 bits per heavy atom. The van der Waals surface area contributed by atoms with Crippen LogP contribution in [0.25, 0.3) is 0 Å². The second-order valence-corrected chi connectivity index (χ2v) is 12.1. The third-order valence-electron chi connectivity index (χ3n) is 7.85. The SMILES string of the molecule is C=CCCCCCCN(C(=O)NCC=C)C(=O)N(CCCCCC)CC(=O)OC1CC(C)(C)N(C)C(C)(C)C1. The summed E-state index contributed by atoms with van der Waals surface area (Å²) in [6.07, 6.45) is 13.2. The average Bonchev–Trinajstić information content (AvgIpc) is 2.86. The molecule has 224 valence electrons. The van der Waals surface area contributed by atoms with Crippen LogP contribution in [0.1, 0.15) is 105 Å². The molecule has 8 nitrogen and oxygen atoms in total. The monoisotopic (exact) mass is 548 g/mol. The molecule has 1 saturated heterocycles. The summed E-state index contributed by atoms with van der Waals surface area (Å²) in [6, 6.07) is -0.906. The summed E-state index contributed by atoms with van der Waals surface area (Å²) in [7, 11) is 2.11. The van der Waals surface area contributed by atoms with Crippen LogP contribution in [0, 0.1) is 0 Å². The number of amides is 4. The fourth-order valence-corrected chi connectivity index (χ4v) is 5.34. The van der Waals surface area contributed by atoms with Crippen molar-refractivity contribution in [2.45, 2.75) is 122 Å². The van der Waals surface area contributed by atoms with Gasteiger partial charge in [-0.3, -0.25) is 9.69 Å². The van der Waals surface area contributed by atoms with Gasteiger partial charge in [-0.1, -0.05) is 51.2 Å². The number of ether oxygens (including phenoxy) is 1. The highest BCUT2D eigenvalue weighted by molar-refractivity contribution is 5.94. The molecule has 1 rings (SSSR count). The molecule has 0 atom stereocenters. The summed E-state index contributed by atoms with van der Waals surface area (Å²) in [4.78, 5) is 44.9. The Balaban J connectivity index is 2.97. The van der Waals surface area contributed by atoms with E-state index in [1.165, 1.54) is 9.80 Å². The van der Waals surface area contributed by atoms with Gasteiger partial charge in [0.2, 0.25) is 0 Å². The van der Waals surface area contributed by atoms with Crippen LogP contribution in [0.15, 0.2) is 25.3 Å². The number of urea groups is 2. The van der Waals surface area contributed by atoms with Crippen LogP contribution < -0.4 is 5.32 Å². The molecule has 1 aliphatic rings. The molecule has 0 bridgehead atoms. The largest absolute Gasteiger partial charge is 0.461 e. The lowest BCUT2D eigenvalue weighted by atomic mass is 9.79. The van der Waals surface area contributed by atoms with Crippen LogP contribution in [-0.2, 0) is 9.53 Å². The summed E-state index contributed by atoms with van der Waals surface area (Å²) < 4.78 is 5.96. The van der Waals surface area contributed by atoms with Crippen molar-refractivity contribution in [2.24, 2.45) is 0 Å². The van der Waals surface area contributed by atoms with Gasteiger partial charge in [0.1, 0.15) is 12.6 Å². The van der Waals surface area contributed by atoms with E-state index < -0.39 is 18.0 Å². The van der Waals surface area contributed by atoms with E-state index in [4.69, 9.17) is 4.74 Å². The van der Waals surface area contributed by atoms with Crippen molar-refractivity contribution in [1.29, 1.82) is 0 Å². The van der Waals surface area contributed by atoms with Crippen molar-refractivity contribution in [3.05, 3.63) is 25.3 Å². The molecule has 0 aromatic carbocycles. The number of carbonyl (C=O) groups is 3.